The van der Waals surface area contributed by atoms with Gasteiger partial charge in [-0.3, -0.25) is 24.0 Å². The molecule has 0 bridgehead atoms. The third-order valence-electron chi connectivity index (χ3n) is 17.3. The summed E-state index contributed by atoms with van der Waals surface area (Å²) in [5.74, 6) is 1.41. The molecule has 0 radical (unpaired) electrons. The fourth-order valence-corrected chi connectivity index (χ4v) is 14.5. The first-order valence-electron chi connectivity index (χ1n) is 21.8. The number of rotatable bonds is 12. The number of ketones is 2. The lowest BCUT2D eigenvalue weighted by molar-refractivity contribution is -0.193. The number of carbonyl (C=O) groups is 5. The van der Waals surface area contributed by atoms with Gasteiger partial charge in [-0.2, -0.15) is 0 Å². The molecule has 0 heterocycles. The fourth-order valence-electron chi connectivity index (χ4n) is 14.5. The Morgan fingerprint density at radius 3 is 2.20 bits per heavy atom. The molecule has 9 nitrogen and oxygen atoms in total. The van der Waals surface area contributed by atoms with Crippen molar-refractivity contribution in [3.05, 3.63) is 11.1 Å². The molecule has 6 rings (SSSR count). The highest BCUT2D eigenvalue weighted by atomic mass is 16.4. The summed E-state index contributed by atoms with van der Waals surface area (Å²) in [6.45, 7) is 20.5. The van der Waals surface area contributed by atoms with Crippen LogP contribution in [-0.4, -0.2) is 72.1 Å². The van der Waals surface area contributed by atoms with Gasteiger partial charge in [0.25, 0.3) is 0 Å². The molecular formula is C46H73N3O6. The van der Waals surface area contributed by atoms with Crippen LogP contribution in [0.2, 0.25) is 0 Å². The second-order valence-corrected chi connectivity index (χ2v) is 21.6. The lowest BCUT2D eigenvalue weighted by atomic mass is 9.35. The van der Waals surface area contributed by atoms with Crippen molar-refractivity contribution in [1.82, 2.24) is 15.5 Å². The van der Waals surface area contributed by atoms with Crippen LogP contribution in [0.25, 0.3) is 0 Å². The highest BCUT2D eigenvalue weighted by Gasteiger charge is 2.66. The lowest BCUT2D eigenvalue weighted by Gasteiger charge is -2.69. The Labute approximate surface area is 331 Å². The van der Waals surface area contributed by atoms with E-state index in [2.05, 4.69) is 52.2 Å². The number of Topliss-reactive ketones (excluding diaryl/α,β-unsaturated/α-hetero) is 2. The maximum atomic E-state index is 14.0. The summed E-state index contributed by atoms with van der Waals surface area (Å²) in [7, 11) is 3.65. The van der Waals surface area contributed by atoms with Gasteiger partial charge in [-0.15, -0.1) is 0 Å². The molecule has 308 valence electrons. The van der Waals surface area contributed by atoms with Crippen LogP contribution in [0.4, 0.5) is 0 Å². The van der Waals surface area contributed by atoms with E-state index in [1.165, 1.54) is 18.4 Å². The Kier molecular flexibility index (Phi) is 11.2. The molecule has 11 unspecified atom stereocenters. The molecule has 0 aromatic heterocycles. The molecule has 3 N–H and O–H groups in total. The number of hydrogen-bond acceptors (Lipinski definition) is 6. The number of carboxylic acid groups (broad SMARTS) is 1. The molecule has 5 saturated carbocycles. The van der Waals surface area contributed by atoms with Gasteiger partial charge in [-0.1, -0.05) is 54.0 Å². The van der Waals surface area contributed by atoms with E-state index in [-0.39, 0.29) is 69.5 Å². The Balaban J connectivity index is 1.18. The Bertz CT molecular complexity index is 1610. The van der Waals surface area contributed by atoms with Crippen molar-refractivity contribution in [2.75, 3.05) is 27.2 Å². The number of amides is 2. The zero-order chi connectivity index (χ0) is 40.6. The smallest absolute Gasteiger partial charge is 0.306 e. The molecule has 0 aliphatic heterocycles. The topological polar surface area (TPSA) is 133 Å². The third kappa shape index (κ3) is 7.06. The molecule has 5 fully saturated rings. The number of nitrogens with zero attached hydrogens (tertiary/aromatic N) is 1. The van der Waals surface area contributed by atoms with Crippen LogP contribution < -0.4 is 10.6 Å². The molecule has 11 atom stereocenters. The highest BCUT2D eigenvalue weighted by molar-refractivity contribution is 6.00. The van der Waals surface area contributed by atoms with Crippen LogP contribution in [0.1, 0.15) is 139 Å². The summed E-state index contributed by atoms with van der Waals surface area (Å²) >= 11 is 0. The van der Waals surface area contributed by atoms with Crippen LogP contribution in [-0.2, 0) is 24.0 Å². The molecule has 6 aliphatic rings. The van der Waals surface area contributed by atoms with E-state index >= 15 is 0 Å². The van der Waals surface area contributed by atoms with E-state index < -0.39 is 11.5 Å². The van der Waals surface area contributed by atoms with E-state index in [0.29, 0.717) is 61.2 Å². The standard InChI is InChI=1S/C46H73N3O6/c1-26(2)38-34(51)24-46(20-21-47-41(55)43(6,7)48-37(52)25-49(10)11)19-15-32-29(39(38)46)12-13-36-44(32,8)18-16-35-42(4,5)28(14-17-45(35,36)9)22-33(50)30-23-31(27(30)3)40(53)54/h26-32,35-36H,12-25H2,1-11H3,(H,47,55)(H,48,52)(H,53,54). The molecule has 0 aromatic rings. The third-order valence-corrected chi connectivity index (χ3v) is 17.3. The van der Waals surface area contributed by atoms with Gasteiger partial charge in [-0.25, -0.2) is 0 Å². The molecule has 0 saturated heterocycles. The zero-order valence-corrected chi connectivity index (χ0v) is 36.0. The van der Waals surface area contributed by atoms with Crippen LogP contribution in [0, 0.1) is 74.9 Å². The summed E-state index contributed by atoms with van der Waals surface area (Å²) in [4.78, 5) is 66.8. The first-order chi connectivity index (χ1) is 25.5. The SMILES string of the molecule is CC(C)C1=C2C3CCC4C(C)(CCC5C(C)(C)C(CC(=O)C6CC(C(=O)O)C6C)CCC54C)C3CCC2(CCNC(=O)C(C)(C)NC(=O)CN(C)C)CC1=O. The van der Waals surface area contributed by atoms with Crippen LogP contribution in [0.5, 0.6) is 0 Å². The number of hydrogen-bond donors (Lipinski definition) is 3. The van der Waals surface area contributed by atoms with E-state index in [9.17, 15) is 29.1 Å². The number of allylic oxidation sites excluding steroid dienone is 2. The number of carboxylic acids is 1. The molecule has 2 amide bonds. The second kappa shape index (κ2) is 14.7. The normalized spacial score (nSPS) is 39.4. The number of carbonyl (C=O) groups excluding carboxylic acids is 4. The first-order valence-corrected chi connectivity index (χ1v) is 21.8. The Hall–Kier alpha value is -2.55. The van der Waals surface area contributed by atoms with Gasteiger partial charge in [-0.05, 0) is 155 Å². The Morgan fingerprint density at radius 2 is 1.58 bits per heavy atom. The van der Waals surface area contributed by atoms with Gasteiger partial charge in [0, 0.05) is 30.7 Å². The minimum absolute atomic E-state index is 0.0289. The van der Waals surface area contributed by atoms with Crippen molar-refractivity contribution < 1.29 is 29.1 Å². The van der Waals surface area contributed by atoms with Gasteiger partial charge in [0.15, 0.2) is 5.78 Å². The predicted molar refractivity (Wildman–Crippen MR) is 215 cm³/mol. The number of likely N-dealkylation sites (N-methyl/N-ethyl adjacent to an activating group) is 1. The average Bonchev–Trinajstić information content (AvgIpc) is 3.36. The van der Waals surface area contributed by atoms with E-state index in [4.69, 9.17) is 0 Å². The largest absolute Gasteiger partial charge is 0.481 e. The molecule has 55 heavy (non-hydrogen) atoms. The summed E-state index contributed by atoms with van der Waals surface area (Å²) < 4.78 is 0. The van der Waals surface area contributed by atoms with Gasteiger partial charge in [0.05, 0.1) is 12.5 Å². The number of aliphatic carboxylic acids is 1. The minimum atomic E-state index is -1.04. The molecule has 0 aromatic carbocycles. The zero-order valence-electron chi connectivity index (χ0n) is 36.0. The van der Waals surface area contributed by atoms with E-state index in [0.717, 1.165) is 50.5 Å². The molecule has 0 spiro atoms. The quantitative estimate of drug-likeness (QED) is 0.188. The van der Waals surface area contributed by atoms with Crippen molar-refractivity contribution >= 4 is 29.4 Å². The number of fused-ring (bicyclic) bond motifs is 7. The van der Waals surface area contributed by atoms with Crippen LogP contribution >= 0.6 is 0 Å². The number of nitrogens with one attached hydrogen (secondary N) is 2. The maximum Gasteiger partial charge on any atom is 0.306 e. The molecular weight excluding hydrogens is 691 g/mol. The highest BCUT2D eigenvalue weighted by Crippen LogP contribution is 2.74. The minimum Gasteiger partial charge on any atom is -0.481 e. The summed E-state index contributed by atoms with van der Waals surface area (Å²) in [5.41, 5.74) is 1.64. The van der Waals surface area contributed by atoms with Gasteiger partial charge < -0.3 is 20.6 Å². The van der Waals surface area contributed by atoms with E-state index in [1.807, 2.05) is 21.0 Å². The van der Waals surface area contributed by atoms with Gasteiger partial charge in [0.2, 0.25) is 11.8 Å². The van der Waals surface area contributed by atoms with Crippen LogP contribution in [0.15, 0.2) is 11.1 Å². The summed E-state index contributed by atoms with van der Waals surface area (Å²) in [6, 6.07) is 0. The van der Waals surface area contributed by atoms with E-state index in [1.54, 1.807) is 18.7 Å². The van der Waals surface area contributed by atoms with Gasteiger partial charge >= 0.3 is 5.97 Å². The predicted octanol–water partition coefficient (Wildman–Crippen LogP) is 7.47. The fraction of sp³-hybridized carbons (Fsp3) is 0.848. The summed E-state index contributed by atoms with van der Waals surface area (Å²) in [5, 5.41) is 15.6. The molecule has 6 aliphatic carbocycles. The van der Waals surface area contributed by atoms with Crippen molar-refractivity contribution in [1.29, 1.82) is 0 Å². The van der Waals surface area contributed by atoms with Crippen LogP contribution in [0.3, 0.4) is 0 Å². The first kappa shape index (κ1) is 42.1. The second-order valence-electron chi connectivity index (χ2n) is 21.6. The van der Waals surface area contributed by atoms with Crippen molar-refractivity contribution in [2.24, 2.45) is 74.9 Å². The monoisotopic (exact) mass is 764 g/mol. The average molecular weight is 764 g/mol. The van der Waals surface area contributed by atoms with Crippen molar-refractivity contribution in [3.8, 4) is 0 Å². The lowest BCUT2D eigenvalue weighted by Crippen LogP contribution is -2.62. The van der Waals surface area contributed by atoms with Crippen molar-refractivity contribution in [2.45, 2.75) is 145 Å². The van der Waals surface area contributed by atoms with Gasteiger partial charge in [0.1, 0.15) is 11.3 Å². The molecule has 9 heteroatoms. The van der Waals surface area contributed by atoms with Crippen molar-refractivity contribution in [3.63, 3.8) is 0 Å². The maximum absolute atomic E-state index is 14.0. The summed E-state index contributed by atoms with van der Waals surface area (Å²) in [6.07, 6.45) is 11.3. The Morgan fingerprint density at radius 1 is 0.909 bits per heavy atom.